The number of rotatable bonds is 7. The number of aliphatic imine (C=N–C) groups is 1. The number of nitrogens with zero attached hydrogens (tertiary/aromatic N) is 3. The van der Waals surface area contributed by atoms with Crippen LogP contribution in [-0.4, -0.2) is 62.9 Å². The third kappa shape index (κ3) is 7.01. The van der Waals surface area contributed by atoms with Gasteiger partial charge in [-0.3, -0.25) is 9.98 Å². The highest BCUT2D eigenvalue weighted by Gasteiger charge is 2.24. The second-order valence-electron chi connectivity index (χ2n) is 5.39. The van der Waals surface area contributed by atoms with E-state index in [1.807, 2.05) is 31.4 Å². The lowest BCUT2D eigenvalue weighted by Crippen LogP contribution is -2.40. The minimum absolute atomic E-state index is 0. The number of ether oxygens (including phenoxy) is 2. The Morgan fingerprint density at radius 1 is 1.43 bits per heavy atom. The monoisotopic (exact) mass is 434 g/mol. The molecule has 1 N–H and O–H groups in total. The maximum Gasteiger partial charge on any atom is 0.193 e. The standard InChI is InChI=1S/C16H26N4O2.HI/c1-17-16(19-11-15-5-3-4-7-18-15)20-8-6-14(12-20)13-22-10-9-21-2;/h3-5,7,14H,6,8-13H2,1-2H3,(H,17,19);1H. The molecule has 0 aliphatic carbocycles. The minimum Gasteiger partial charge on any atom is -0.382 e. The lowest BCUT2D eigenvalue weighted by atomic mass is 10.1. The van der Waals surface area contributed by atoms with Gasteiger partial charge in [-0.1, -0.05) is 6.07 Å². The Morgan fingerprint density at radius 2 is 2.30 bits per heavy atom. The number of pyridine rings is 1. The summed E-state index contributed by atoms with van der Waals surface area (Å²) in [5.74, 6) is 1.50. The van der Waals surface area contributed by atoms with Crippen LogP contribution < -0.4 is 5.32 Å². The van der Waals surface area contributed by atoms with Crippen LogP contribution >= 0.6 is 24.0 Å². The van der Waals surface area contributed by atoms with Crippen LogP contribution in [0.5, 0.6) is 0 Å². The van der Waals surface area contributed by atoms with E-state index in [1.165, 1.54) is 0 Å². The number of aromatic nitrogens is 1. The van der Waals surface area contributed by atoms with Gasteiger partial charge in [-0.15, -0.1) is 24.0 Å². The fourth-order valence-corrected chi connectivity index (χ4v) is 2.56. The van der Waals surface area contributed by atoms with Crippen molar-refractivity contribution in [1.82, 2.24) is 15.2 Å². The van der Waals surface area contributed by atoms with Crippen LogP contribution in [0.2, 0.25) is 0 Å². The van der Waals surface area contributed by atoms with Crippen LogP contribution in [0, 0.1) is 5.92 Å². The Hall–Kier alpha value is -0.930. The highest BCUT2D eigenvalue weighted by Crippen LogP contribution is 2.16. The maximum absolute atomic E-state index is 5.63. The van der Waals surface area contributed by atoms with Crippen molar-refractivity contribution in [2.45, 2.75) is 13.0 Å². The molecule has 1 unspecified atom stereocenters. The first kappa shape index (κ1) is 20.1. The predicted molar refractivity (Wildman–Crippen MR) is 102 cm³/mol. The van der Waals surface area contributed by atoms with Gasteiger partial charge >= 0.3 is 0 Å². The molecule has 130 valence electrons. The third-order valence-corrected chi connectivity index (χ3v) is 3.74. The van der Waals surface area contributed by atoms with Gasteiger partial charge in [0.15, 0.2) is 5.96 Å². The number of hydrogen-bond donors (Lipinski definition) is 1. The molecular formula is C16H27IN4O2. The summed E-state index contributed by atoms with van der Waals surface area (Å²) in [5, 5.41) is 3.38. The van der Waals surface area contributed by atoms with Crippen LogP contribution in [0.4, 0.5) is 0 Å². The average Bonchev–Trinajstić information content (AvgIpc) is 3.02. The largest absolute Gasteiger partial charge is 0.382 e. The van der Waals surface area contributed by atoms with E-state index in [1.54, 1.807) is 7.11 Å². The molecule has 0 bridgehead atoms. The lowest BCUT2D eigenvalue weighted by Gasteiger charge is -2.21. The molecule has 0 saturated carbocycles. The fourth-order valence-electron chi connectivity index (χ4n) is 2.56. The van der Waals surface area contributed by atoms with Crippen molar-refractivity contribution in [2.75, 3.05) is 47.1 Å². The first-order valence-corrected chi connectivity index (χ1v) is 7.75. The van der Waals surface area contributed by atoms with E-state index < -0.39 is 0 Å². The average molecular weight is 434 g/mol. The molecule has 0 spiro atoms. The lowest BCUT2D eigenvalue weighted by molar-refractivity contribution is 0.0536. The van der Waals surface area contributed by atoms with Gasteiger partial charge in [0.25, 0.3) is 0 Å². The molecule has 0 amide bonds. The van der Waals surface area contributed by atoms with Gasteiger partial charge in [0, 0.05) is 39.4 Å². The van der Waals surface area contributed by atoms with Crippen LogP contribution in [0.3, 0.4) is 0 Å². The molecule has 2 rings (SSSR count). The Labute approximate surface area is 155 Å². The number of methoxy groups -OCH3 is 1. The van der Waals surface area contributed by atoms with E-state index in [4.69, 9.17) is 9.47 Å². The Balaban J connectivity index is 0.00000264. The molecule has 1 aromatic rings. The Morgan fingerprint density at radius 3 is 3.00 bits per heavy atom. The summed E-state index contributed by atoms with van der Waals surface area (Å²) in [4.78, 5) is 11.0. The van der Waals surface area contributed by atoms with Gasteiger partial charge < -0.3 is 19.7 Å². The maximum atomic E-state index is 5.63. The van der Waals surface area contributed by atoms with E-state index in [2.05, 4.69) is 20.2 Å². The molecule has 1 aliphatic heterocycles. The van der Waals surface area contributed by atoms with Crippen LogP contribution in [0.25, 0.3) is 0 Å². The van der Waals surface area contributed by atoms with Crippen molar-refractivity contribution in [1.29, 1.82) is 0 Å². The minimum atomic E-state index is 0. The van der Waals surface area contributed by atoms with Gasteiger partial charge in [0.05, 0.1) is 32.1 Å². The van der Waals surface area contributed by atoms with Gasteiger partial charge in [-0.05, 0) is 18.6 Å². The van der Waals surface area contributed by atoms with Crippen molar-refractivity contribution >= 4 is 29.9 Å². The molecule has 0 radical (unpaired) electrons. The second-order valence-corrected chi connectivity index (χ2v) is 5.39. The molecule has 6 nitrogen and oxygen atoms in total. The zero-order chi connectivity index (χ0) is 15.6. The van der Waals surface area contributed by atoms with Gasteiger partial charge in [-0.25, -0.2) is 0 Å². The van der Waals surface area contributed by atoms with Crippen molar-refractivity contribution in [3.63, 3.8) is 0 Å². The summed E-state index contributed by atoms with van der Waals surface area (Å²) >= 11 is 0. The molecule has 23 heavy (non-hydrogen) atoms. The van der Waals surface area contributed by atoms with Crippen molar-refractivity contribution in [2.24, 2.45) is 10.9 Å². The number of halogens is 1. The summed E-state index contributed by atoms with van der Waals surface area (Å²) in [6, 6.07) is 5.93. The van der Waals surface area contributed by atoms with Gasteiger partial charge in [-0.2, -0.15) is 0 Å². The zero-order valence-electron chi connectivity index (χ0n) is 13.9. The molecule has 1 aliphatic rings. The molecule has 1 atom stereocenters. The zero-order valence-corrected chi connectivity index (χ0v) is 16.2. The third-order valence-electron chi connectivity index (χ3n) is 3.74. The summed E-state index contributed by atoms with van der Waals surface area (Å²) in [6.07, 6.45) is 2.94. The molecular weight excluding hydrogens is 407 g/mol. The highest BCUT2D eigenvalue weighted by atomic mass is 127. The van der Waals surface area contributed by atoms with Gasteiger partial charge in [0.2, 0.25) is 0 Å². The molecule has 1 aromatic heterocycles. The van der Waals surface area contributed by atoms with E-state index >= 15 is 0 Å². The number of guanidine groups is 1. The molecule has 2 heterocycles. The molecule has 0 aromatic carbocycles. The summed E-state index contributed by atoms with van der Waals surface area (Å²) in [5.41, 5.74) is 1.02. The van der Waals surface area contributed by atoms with Crippen molar-refractivity contribution in [3.8, 4) is 0 Å². The summed E-state index contributed by atoms with van der Waals surface area (Å²) in [6.45, 7) is 4.80. The van der Waals surface area contributed by atoms with Crippen molar-refractivity contribution in [3.05, 3.63) is 30.1 Å². The van der Waals surface area contributed by atoms with E-state index in [0.717, 1.165) is 37.8 Å². The quantitative estimate of drug-likeness (QED) is 0.307. The van der Waals surface area contributed by atoms with E-state index in [0.29, 0.717) is 25.7 Å². The predicted octanol–water partition coefficient (Wildman–Crippen LogP) is 1.76. The number of nitrogens with one attached hydrogen (secondary N) is 1. The highest BCUT2D eigenvalue weighted by molar-refractivity contribution is 14.0. The molecule has 7 heteroatoms. The topological polar surface area (TPSA) is 59.0 Å². The van der Waals surface area contributed by atoms with Gasteiger partial charge in [0.1, 0.15) is 0 Å². The Kier molecular flexibility index (Phi) is 10.1. The van der Waals surface area contributed by atoms with E-state index in [-0.39, 0.29) is 24.0 Å². The SMILES string of the molecule is CN=C(NCc1ccccn1)N1CCC(COCCOC)C1.I. The smallest absolute Gasteiger partial charge is 0.193 e. The first-order valence-electron chi connectivity index (χ1n) is 7.75. The Bertz CT molecular complexity index is 459. The summed E-state index contributed by atoms with van der Waals surface area (Å²) < 4.78 is 10.6. The summed E-state index contributed by atoms with van der Waals surface area (Å²) in [7, 11) is 3.51. The van der Waals surface area contributed by atoms with Crippen molar-refractivity contribution < 1.29 is 9.47 Å². The number of hydrogen-bond acceptors (Lipinski definition) is 4. The van der Waals surface area contributed by atoms with Crippen LogP contribution in [0.15, 0.2) is 29.4 Å². The molecule has 1 saturated heterocycles. The molecule has 1 fully saturated rings. The first-order chi connectivity index (χ1) is 10.8. The van der Waals surface area contributed by atoms with Crippen LogP contribution in [-0.2, 0) is 16.0 Å². The fraction of sp³-hybridized carbons (Fsp3) is 0.625. The van der Waals surface area contributed by atoms with Crippen LogP contribution in [0.1, 0.15) is 12.1 Å². The number of likely N-dealkylation sites (tertiary alicyclic amines) is 1. The van der Waals surface area contributed by atoms with E-state index in [9.17, 15) is 0 Å². The second kappa shape index (κ2) is 11.6. The normalized spacial score (nSPS) is 17.9.